The molecule has 0 atom stereocenters. The molecule has 3 aromatic rings. The fourth-order valence-electron chi connectivity index (χ4n) is 6.59. The lowest BCUT2D eigenvalue weighted by molar-refractivity contribution is -0.0753. The molecule has 0 saturated heterocycles. The van der Waals surface area contributed by atoms with Gasteiger partial charge in [-0.05, 0) is 80.5 Å². The first-order valence-electron chi connectivity index (χ1n) is 10.9. The lowest BCUT2D eigenvalue weighted by Gasteiger charge is -2.56. The first-order valence-corrected chi connectivity index (χ1v) is 10.9. The molecule has 4 fully saturated rings. The molecular formula is C23H24F2N4O2. The second-order valence-electron chi connectivity index (χ2n) is 9.57. The van der Waals surface area contributed by atoms with Gasteiger partial charge in [0, 0.05) is 11.0 Å². The number of rotatable bonds is 6. The van der Waals surface area contributed by atoms with Gasteiger partial charge in [0.05, 0.1) is 19.0 Å². The van der Waals surface area contributed by atoms with E-state index in [1.54, 1.807) is 24.5 Å². The minimum atomic E-state index is -2.85. The van der Waals surface area contributed by atoms with E-state index in [1.165, 1.54) is 50.7 Å². The minimum absolute atomic E-state index is 0.104. The van der Waals surface area contributed by atoms with Crippen molar-refractivity contribution in [1.82, 2.24) is 19.6 Å². The molecule has 0 amide bonds. The number of hydrogen-bond acceptors (Lipinski definition) is 5. The van der Waals surface area contributed by atoms with Gasteiger partial charge in [-0.2, -0.15) is 8.78 Å². The van der Waals surface area contributed by atoms with Crippen molar-refractivity contribution < 1.29 is 18.3 Å². The lowest BCUT2D eigenvalue weighted by atomic mass is 9.50. The average Bonchev–Trinajstić information content (AvgIpc) is 3.16. The molecule has 1 aromatic carbocycles. The van der Waals surface area contributed by atoms with Crippen LogP contribution in [0.1, 0.15) is 38.5 Å². The Kier molecular flexibility index (Phi) is 4.36. The fraction of sp³-hybridized carbons (Fsp3) is 0.522. The van der Waals surface area contributed by atoms with Crippen LogP contribution in [0, 0.1) is 23.2 Å². The quantitative estimate of drug-likeness (QED) is 0.556. The Morgan fingerprint density at radius 1 is 0.968 bits per heavy atom. The Balaban J connectivity index is 1.28. The molecular weight excluding hydrogens is 402 g/mol. The number of halogens is 2. The zero-order valence-electron chi connectivity index (χ0n) is 17.1. The van der Waals surface area contributed by atoms with Crippen molar-refractivity contribution in [3.05, 3.63) is 36.7 Å². The molecule has 0 aliphatic heterocycles. The van der Waals surface area contributed by atoms with E-state index < -0.39 is 6.61 Å². The second kappa shape index (κ2) is 7.14. The van der Waals surface area contributed by atoms with E-state index in [2.05, 4.69) is 19.9 Å². The standard InChI is InChI=1S/C23H24F2N4O2/c24-22(25)31-18-3-1-17(2-4-18)21-28-27-19-11-26-12-20(29(19)21)30-13-23-8-14-5-15(9-23)7-16(6-14)10-23/h1-4,11-12,14-16,22H,5-10,13H2. The van der Waals surface area contributed by atoms with Crippen LogP contribution in [0.25, 0.3) is 17.0 Å². The normalized spacial score (nSPS) is 29.1. The van der Waals surface area contributed by atoms with Gasteiger partial charge in [0.25, 0.3) is 0 Å². The Bertz CT molecular complexity index is 1060. The molecule has 2 aromatic heterocycles. The van der Waals surface area contributed by atoms with Crippen molar-refractivity contribution in [2.45, 2.75) is 45.1 Å². The van der Waals surface area contributed by atoms with Crippen LogP contribution in [0.2, 0.25) is 0 Å². The summed E-state index contributed by atoms with van der Waals surface area (Å²) >= 11 is 0. The molecule has 0 radical (unpaired) electrons. The molecule has 4 bridgehead atoms. The summed E-state index contributed by atoms with van der Waals surface area (Å²) in [5.74, 6) is 3.89. The van der Waals surface area contributed by atoms with Gasteiger partial charge in [-0.1, -0.05) is 0 Å². The Morgan fingerprint density at radius 2 is 1.65 bits per heavy atom. The van der Waals surface area contributed by atoms with Gasteiger partial charge in [-0.25, -0.2) is 4.40 Å². The van der Waals surface area contributed by atoms with Crippen molar-refractivity contribution in [2.75, 3.05) is 6.61 Å². The lowest BCUT2D eigenvalue weighted by Crippen LogP contribution is -2.48. The number of alkyl halides is 2. The summed E-state index contributed by atoms with van der Waals surface area (Å²) in [4.78, 5) is 4.28. The molecule has 6 nitrogen and oxygen atoms in total. The Hall–Kier alpha value is -2.77. The van der Waals surface area contributed by atoms with Crippen molar-refractivity contribution in [1.29, 1.82) is 0 Å². The number of aromatic nitrogens is 4. The molecule has 0 spiro atoms. The zero-order valence-corrected chi connectivity index (χ0v) is 17.1. The van der Waals surface area contributed by atoms with Crippen LogP contribution in [-0.2, 0) is 0 Å². The van der Waals surface area contributed by atoms with Crippen molar-refractivity contribution in [3.63, 3.8) is 0 Å². The first-order chi connectivity index (χ1) is 15.1. The van der Waals surface area contributed by atoms with Crippen LogP contribution >= 0.6 is 0 Å². The van der Waals surface area contributed by atoms with Crippen LogP contribution in [0.3, 0.4) is 0 Å². The highest BCUT2D eigenvalue weighted by Crippen LogP contribution is 2.60. The van der Waals surface area contributed by atoms with Crippen molar-refractivity contribution >= 4 is 5.65 Å². The van der Waals surface area contributed by atoms with Gasteiger partial charge in [-0.15, -0.1) is 10.2 Å². The number of hydrogen-bond donors (Lipinski definition) is 0. The topological polar surface area (TPSA) is 61.5 Å². The van der Waals surface area contributed by atoms with Gasteiger partial charge >= 0.3 is 6.61 Å². The SMILES string of the molecule is FC(F)Oc1ccc(-c2nnc3cncc(OCC45CC6CC(CC(C6)C4)C5)n23)cc1. The molecule has 2 heterocycles. The smallest absolute Gasteiger partial charge is 0.387 e. The summed E-state index contributed by atoms with van der Waals surface area (Å²) in [5.41, 5.74) is 1.60. The molecule has 7 rings (SSSR count). The number of nitrogens with zero attached hydrogens (tertiary/aromatic N) is 4. The second-order valence-corrected chi connectivity index (χ2v) is 9.57. The summed E-state index contributed by atoms with van der Waals surface area (Å²) in [5, 5.41) is 8.52. The maximum atomic E-state index is 12.4. The Labute approximate surface area is 178 Å². The monoisotopic (exact) mass is 426 g/mol. The number of fused-ring (bicyclic) bond motifs is 1. The Morgan fingerprint density at radius 3 is 2.29 bits per heavy atom. The fourth-order valence-corrected chi connectivity index (χ4v) is 6.59. The summed E-state index contributed by atoms with van der Waals surface area (Å²) in [6.45, 7) is -2.16. The van der Waals surface area contributed by atoms with Crippen LogP contribution in [0.15, 0.2) is 36.7 Å². The molecule has 8 heteroatoms. The third kappa shape index (κ3) is 3.42. The van der Waals surface area contributed by atoms with Crippen LogP contribution in [-0.4, -0.2) is 32.8 Å². The van der Waals surface area contributed by atoms with Crippen LogP contribution in [0.4, 0.5) is 8.78 Å². The van der Waals surface area contributed by atoms with Gasteiger partial charge in [-0.3, -0.25) is 4.98 Å². The van der Waals surface area contributed by atoms with E-state index in [-0.39, 0.29) is 11.2 Å². The molecule has 4 aliphatic rings. The van der Waals surface area contributed by atoms with Gasteiger partial charge < -0.3 is 9.47 Å². The highest BCUT2D eigenvalue weighted by Gasteiger charge is 2.51. The minimum Gasteiger partial charge on any atom is -0.477 e. The maximum absolute atomic E-state index is 12.4. The van der Waals surface area contributed by atoms with Gasteiger partial charge in [0.2, 0.25) is 5.88 Å². The summed E-state index contributed by atoms with van der Waals surface area (Å²) in [7, 11) is 0. The zero-order chi connectivity index (χ0) is 21.0. The summed E-state index contributed by atoms with van der Waals surface area (Å²) in [6.07, 6.45) is 11.3. The van der Waals surface area contributed by atoms with E-state index in [0.717, 1.165) is 23.3 Å². The predicted octanol–water partition coefficient (Wildman–Crippen LogP) is 4.99. The highest BCUT2D eigenvalue weighted by atomic mass is 19.3. The molecule has 4 saturated carbocycles. The third-order valence-electron chi connectivity index (χ3n) is 7.31. The molecule has 162 valence electrons. The van der Waals surface area contributed by atoms with Crippen molar-refractivity contribution in [2.24, 2.45) is 23.2 Å². The molecule has 31 heavy (non-hydrogen) atoms. The average molecular weight is 426 g/mol. The van der Waals surface area contributed by atoms with E-state index in [4.69, 9.17) is 4.74 Å². The highest BCUT2D eigenvalue weighted by molar-refractivity contribution is 5.61. The first kappa shape index (κ1) is 19.0. The molecule has 0 N–H and O–H groups in total. The molecule has 0 unspecified atom stereocenters. The van der Waals surface area contributed by atoms with E-state index in [0.29, 0.717) is 24.0 Å². The predicted molar refractivity (Wildman–Crippen MR) is 109 cm³/mol. The maximum Gasteiger partial charge on any atom is 0.387 e. The number of benzene rings is 1. The third-order valence-corrected chi connectivity index (χ3v) is 7.31. The van der Waals surface area contributed by atoms with E-state index in [1.807, 2.05) is 4.40 Å². The van der Waals surface area contributed by atoms with Crippen molar-refractivity contribution in [3.8, 4) is 23.0 Å². The van der Waals surface area contributed by atoms with Gasteiger partial charge in [0.15, 0.2) is 11.5 Å². The van der Waals surface area contributed by atoms with E-state index >= 15 is 0 Å². The van der Waals surface area contributed by atoms with Gasteiger partial charge in [0.1, 0.15) is 5.75 Å². The van der Waals surface area contributed by atoms with Crippen LogP contribution in [0.5, 0.6) is 11.6 Å². The largest absolute Gasteiger partial charge is 0.477 e. The van der Waals surface area contributed by atoms with E-state index in [9.17, 15) is 8.78 Å². The summed E-state index contributed by atoms with van der Waals surface area (Å²) < 4.78 is 37.6. The van der Waals surface area contributed by atoms with Crippen LogP contribution < -0.4 is 9.47 Å². The molecule has 4 aliphatic carbocycles. The number of ether oxygens (including phenoxy) is 2. The summed E-state index contributed by atoms with van der Waals surface area (Å²) in [6, 6.07) is 6.38.